The van der Waals surface area contributed by atoms with Crippen LogP contribution in [0.15, 0.2) is 21.5 Å². The average molecular weight is 459 g/mol. The van der Waals surface area contributed by atoms with Crippen molar-refractivity contribution in [1.29, 1.82) is 0 Å². The minimum absolute atomic E-state index is 0.0855. The number of halogens is 3. The van der Waals surface area contributed by atoms with Gasteiger partial charge in [-0.3, -0.25) is 9.59 Å². The molecule has 1 aromatic carbocycles. The van der Waals surface area contributed by atoms with Crippen LogP contribution in [0, 0.1) is 0 Å². The first-order chi connectivity index (χ1) is 11.2. The van der Waals surface area contributed by atoms with Crippen LogP contribution in [0.3, 0.4) is 0 Å². The molecular weight excluding hydrogens is 445 g/mol. The molecule has 1 atom stereocenters. The zero-order chi connectivity index (χ0) is 17.9. The standard InChI is InChI=1S/C14H14BrCl2NO5S/c15-8-5-9(16)14(10(17)6-8)24(21,22)18-7-13(20)23-12-4-2-1-3-11(12)19/h5-6,12,18H,1-4,7H2. The van der Waals surface area contributed by atoms with E-state index in [1.165, 1.54) is 12.1 Å². The van der Waals surface area contributed by atoms with Gasteiger partial charge < -0.3 is 4.74 Å². The van der Waals surface area contributed by atoms with Crippen LogP contribution in [0.25, 0.3) is 0 Å². The Bertz CT molecular complexity index is 745. The zero-order valence-electron chi connectivity index (χ0n) is 12.4. The van der Waals surface area contributed by atoms with Crippen LogP contribution < -0.4 is 4.72 Å². The van der Waals surface area contributed by atoms with Crippen molar-refractivity contribution in [3.63, 3.8) is 0 Å². The predicted molar refractivity (Wildman–Crippen MR) is 92.7 cm³/mol. The van der Waals surface area contributed by atoms with Crippen LogP contribution in [0.5, 0.6) is 0 Å². The van der Waals surface area contributed by atoms with Gasteiger partial charge in [-0.05, 0) is 31.4 Å². The number of ether oxygens (including phenoxy) is 1. The van der Waals surface area contributed by atoms with E-state index in [0.717, 1.165) is 12.8 Å². The summed E-state index contributed by atoms with van der Waals surface area (Å²) in [5.74, 6) is -0.973. The Morgan fingerprint density at radius 3 is 2.50 bits per heavy atom. The number of rotatable bonds is 5. The molecule has 0 bridgehead atoms. The molecule has 0 saturated heterocycles. The molecule has 24 heavy (non-hydrogen) atoms. The van der Waals surface area contributed by atoms with Crippen LogP contribution in [-0.2, 0) is 24.3 Å². The largest absolute Gasteiger partial charge is 0.453 e. The highest BCUT2D eigenvalue weighted by Gasteiger charge is 2.27. The van der Waals surface area contributed by atoms with Gasteiger partial charge in [0.25, 0.3) is 0 Å². The first-order valence-corrected chi connectivity index (χ1v) is 10.1. The van der Waals surface area contributed by atoms with Gasteiger partial charge in [0, 0.05) is 10.9 Å². The molecule has 1 saturated carbocycles. The Labute approximate surface area is 158 Å². The molecule has 0 aromatic heterocycles. The Morgan fingerprint density at radius 1 is 1.29 bits per heavy atom. The second-order valence-corrected chi connectivity index (χ2v) is 8.65. The first-order valence-electron chi connectivity index (χ1n) is 7.07. The molecule has 0 radical (unpaired) electrons. The van der Waals surface area contributed by atoms with Crippen molar-refractivity contribution in [3.05, 3.63) is 26.7 Å². The summed E-state index contributed by atoms with van der Waals surface area (Å²) in [5.41, 5.74) is 0. The minimum Gasteiger partial charge on any atom is -0.453 e. The summed E-state index contributed by atoms with van der Waals surface area (Å²) in [6.45, 7) is -0.616. The quantitative estimate of drug-likeness (QED) is 0.684. The number of esters is 1. The number of Topliss-reactive ketones (excluding diaryl/α,β-unsaturated/α-hetero) is 1. The number of hydrogen-bond donors (Lipinski definition) is 1. The third kappa shape index (κ3) is 4.92. The molecular formula is C14H14BrCl2NO5S. The fourth-order valence-corrected chi connectivity index (χ4v) is 5.19. The van der Waals surface area contributed by atoms with E-state index in [1.807, 2.05) is 0 Å². The van der Waals surface area contributed by atoms with Crippen molar-refractivity contribution in [2.75, 3.05) is 6.54 Å². The van der Waals surface area contributed by atoms with Crippen LogP contribution in [0.1, 0.15) is 25.7 Å². The van der Waals surface area contributed by atoms with Gasteiger partial charge in [-0.15, -0.1) is 0 Å². The van der Waals surface area contributed by atoms with Gasteiger partial charge in [-0.2, -0.15) is 4.72 Å². The molecule has 0 aliphatic heterocycles. The highest BCUT2D eigenvalue weighted by molar-refractivity contribution is 9.10. The summed E-state index contributed by atoms with van der Waals surface area (Å²) in [7, 11) is -4.11. The van der Waals surface area contributed by atoms with Crippen molar-refractivity contribution in [2.24, 2.45) is 0 Å². The van der Waals surface area contributed by atoms with Gasteiger partial charge in [0.05, 0.1) is 10.0 Å². The lowest BCUT2D eigenvalue weighted by Gasteiger charge is -2.20. The third-order valence-corrected chi connectivity index (χ3v) is 6.19. The monoisotopic (exact) mass is 457 g/mol. The Balaban J connectivity index is 2.02. The van der Waals surface area contributed by atoms with Gasteiger partial charge in [0.15, 0.2) is 11.9 Å². The Kier molecular flexibility index (Phi) is 6.66. The molecule has 1 fully saturated rings. The molecule has 1 N–H and O–H groups in total. The minimum atomic E-state index is -4.11. The van der Waals surface area contributed by atoms with Gasteiger partial charge in [0.2, 0.25) is 10.0 Å². The highest BCUT2D eigenvalue weighted by atomic mass is 79.9. The van der Waals surface area contributed by atoms with Crippen LogP contribution >= 0.6 is 39.1 Å². The van der Waals surface area contributed by atoms with Crippen molar-refractivity contribution in [3.8, 4) is 0 Å². The predicted octanol–water partition coefficient (Wildman–Crippen LogP) is 3.09. The smallest absolute Gasteiger partial charge is 0.321 e. The molecule has 6 nitrogen and oxygen atoms in total. The Hall–Kier alpha value is -0.670. The molecule has 1 aliphatic carbocycles. The summed E-state index contributed by atoms with van der Waals surface area (Å²) < 4.78 is 32.2. The summed E-state index contributed by atoms with van der Waals surface area (Å²) >= 11 is 15.0. The maximum atomic E-state index is 12.3. The molecule has 1 aliphatic rings. The average Bonchev–Trinajstić information content (AvgIpc) is 2.46. The first kappa shape index (κ1) is 19.7. The van der Waals surface area contributed by atoms with Gasteiger partial charge in [0.1, 0.15) is 11.4 Å². The van der Waals surface area contributed by atoms with Crippen LogP contribution in [0.4, 0.5) is 0 Å². The van der Waals surface area contributed by atoms with E-state index in [9.17, 15) is 18.0 Å². The number of carbonyl (C=O) groups excluding carboxylic acids is 2. The molecule has 0 spiro atoms. The molecule has 1 aromatic rings. The van der Waals surface area contributed by atoms with Crippen LogP contribution in [0.2, 0.25) is 10.0 Å². The van der Waals surface area contributed by atoms with E-state index in [0.29, 0.717) is 17.3 Å². The second-order valence-electron chi connectivity index (χ2n) is 5.21. The van der Waals surface area contributed by atoms with Crippen LogP contribution in [-0.4, -0.2) is 32.8 Å². The normalized spacial score (nSPS) is 18.5. The van der Waals surface area contributed by atoms with E-state index in [4.69, 9.17) is 27.9 Å². The van der Waals surface area contributed by atoms with E-state index < -0.39 is 28.6 Å². The maximum Gasteiger partial charge on any atom is 0.321 e. The molecule has 0 heterocycles. The lowest BCUT2D eigenvalue weighted by molar-refractivity contribution is -0.155. The lowest BCUT2D eigenvalue weighted by atomic mass is 9.96. The SMILES string of the molecule is O=C(CNS(=O)(=O)c1c(Cl)cc(Br)cc1Cl)OC1CCCCC1=O. The second kappa shape index (κ2) is 8.14. The van der Waals surface area contributed by atoms with Gasteiger partial charge in [-0.1, -0.05) is 39.1 Å². The fraction of sp³-hybridized carbons (Fsp3) is 0.429. The van der Waals surface area contributed by atoms with Gasteiger partial charge in [-0.25, -0.2) is 8.42 Å². The number of sulfonamides is 1. The fourth-order valence-electron chi connectivity index (χ4n) is 2.29. The molecule has 10 heteroatoms. The topological polar surface area (TPSA) is 89.5 Å². The van der Waals surface area contributed by atoms with Crippen molar-refractivity contribution < 1.29 is 22.7 Å². The molecule has 1 unspecified atom stereocenters. The third-order valence-electron chi connectivity index (χ3n) is 3.41. The highest BCUT2D eigenvalue weighted by Crippen LogP contribution is 2.32. The van der Waals surface area contributed by atoms with E-state index >= 15 is 0 Å². The summed E-state index contributed by atoms with van der Waals surface area (Å²) in [5, 5.41) is -0.171. The number of hydrogen-bond acceptors (Lipinski definition) is 5. The Morgan fingerprint density at radius 2 is 1.92 bits per heavy atom. The zero-order valence-corrected chi connectivity index (χ0v) is 16.3. The molecule has 0 amide bonds. The number of ketones is 1. The van der Waals surface area contributed by atoms with E-state index in [2.05, 4.69) is 20.7 Å². The molecule has 132 valence electrons. The van der Waals surface area contributed by atoms with Gasteiger partial charge >= 0.3 is 5.97 Å². The lowest BCUT2D eigenvalue weighted by Crippen LogP contribution is -2.36. The summed E-state index contributed by atoms with van der Waals surface area (Å²) in [4.78, 5) is 23.1. The maximum absolute atomic E-state index is 12.3. The summed E-state index contributed by atoms with van der Waals surface area (Å²) in [6, 6.07) is 2.75. The van der Waals surface area contributed by atoms with Crippen molar-refractivity contribution >= 4 is 60.9 Å². The molecule has 2 rings (SSSR count). The van der Waals surface area contributed by atoms with Crippen molar-refractivity contribution in [1.82, 2.24) is 4.72 Å². The van der Waals surface area contributed by atoms with E-state index in [-0.39, 0.29) is 20.7 Å². The number of carbonyl (C=O) groups is 2. The van der Waals surface area contributed by atoms with E-state index in [1.54, 1.807) is 0 Å². The summed E-state index contributed by atoms with van der Waals surface area (Å²) in [6.07, 6.45) is 1.60. The van der Waals surface area contributed by atoms with Crippen molar-refractivity contribution in [2.45, 2.75) is 36.7 Å². The number of nitrogens with one attached hydrogen (secondary N) is 1. The number of benzene rings is 1.